The number of amidine groups is 1. The fourth-order valence-corrected chi connectivity index (χ4v) is 3.00. The van der Waals surface area contributed by atoms with E-state index in [1.54, 1.807) is 7.05 Å². The Labute approximate surface area is 164 Å². The summed E-state index contributed by atoms with van der Waals surface area (Å²) in [6, 6.07) is 0. The van der Waals surface area contributed by atoms with Gasteiger partial charge in [0.15, 0.2) is 0 Å². The van der Waals surface area contributed by atoms with E-state index in [0.29, 0.717) is 38.5 Å². The number of carbonyl (C=O) groups is 3. The van der Waals surface area contributed by atoms with Crippen molar-refractivity contribution in [1.82, 2.24) is 9.80 Å². The molecule has 1 unspecified atom stereocenters. The molecule has 1 fully saturated rings. The summed E-state index contributed by atoms with van der Waals surface area (Å²) in [6.45, 7) is 2.02. The zero-order chi connectivity index (χ0) is 20.5. The molecule has 2 N–H and O–H groups in total. The summed E-state index contributed by atoms with van der Waals surface area (Å²) in [7, 11) is 2.94. The lowest BCUT2D eigenvalue weighted by atomic mass is 10.0. The Kier molecular flexibility index (Phi) is 8.19. The van der Waals surface area contributed by atoms with Crippen molar-refractivity contribution in [1.29, 1.82) is 0 Å². The van der Waals surface area contributed by atoms with Crippen molar-refractivity contribution in [2.75, 3.05) is 46.9 Å². The summed E-state index contributed by atoms with van der Waals surface area (Å²) in [4.78, 5) is 42.4. The molecule has 2 amide bonds. The summed E-state index contributed by atoms with van der Waals surface area (Å²) in [5.74, 6) is -0.999. The molecular formula is C19H28N4O5. The monoisotopic (exact) mass is 392 g/mol. The van der Waals surface area contributed by atoms with Crippen molar-refractivity contribution in [3.63, 3.8) is 0 Å². The van der Waals surface area contributed by atoms with Crippen LogP contribution in [0.25, 0.3) is 0 Å². The third kappa shape index (κ3) is 5.91. The quantitative estimate of drug-likeness (QED) is 0.192. The smallest absolute Gasteiger partial charge is 0.312 e. The van der Waals surface area contributed by atoms with E-state index < -0.39 is 17.8 Å². The van der Waals surface area contributed by atoms with Gasteiger partial charge >= 0.3 is 17.8 Å². The van der Waals surface area contributed by atoms with Gasteiger partial charge in [-0.1, -0.05) is 18.2 Å². The molecule has 1 aliphatic carbocycles. The first-order valence-corrected chi connectivity index (χ1v) is 9.33. The number of nitrogens with zero attached hydrogens (tertiary/aromatic N) is 3. The molecule has 0 aromatic heterocycles. The number of nitrogens with two attached hydrogens (primary N) is 1. The SMILES string of the molecule is CN=C(N)C1=CCC(OCCCN2CCN(CCC(=O)OC)C(=O)C2=O)C=C1. The van der Waals surface area contributed by atoms with Crippen LogP contribution in [0.3, 0.4) is 0 Å². The van der Waals surface area contributed by atoms with Gasteiger partial charge in [-0.3, -0.25) is 19.4 Å². The summed E-state index contributed by atoms with van der Waals surface area (Å²) in [6.07, 6.45) is 7.25. The largest absolute Gasteiger partial charge is 0.469 e. The van der Waals surface area contributed by atoms with E-state index in [0.717, 1.165) is 12.0 Å². The maximum Gasteiger partial charge on any atom is 0.312 e. The zero-order valence-corrected chi connectivity index (χ0v) is 16.4. The van der Waals surface area contributed by atoms with E-state index in [4.69, 9.17) is 10.5 Å². The van der Waals surface area contributed by atoms with Gasteiger partial charge in [-0.2, -0.15) is 0 Å². The van der Waals surface area contributed by atoms with Crippen molar-refractivity contribution < 1.29 is 23.9 Å². The number of amides is 2. The highest BCUT2D eigenvalue weighted by atomic mass is 16.5. The molecule has 1 aliphatic heterocycles. The van der Waals surface area contributed by atoms with Crippen LogP contribution in [0.15, 0.2) is 28.8 Å². The van der Waals surface area contributed by atoms with Crippen LogP contribution in [-0.4, -0.2) is 86.5 Å². The van der Waals surface area contributed by atoms with Crippen LogP contribution < -0.4 is 5.73 Å². The molecule has 1 heterocycles. The molecule has 1 saturated heterocycles. The predicted octanol–water partition coefficient (Wildman–Crippen LogP) is -0.131. The lowest BCUT2D eigenvalue weighted by molar-refractivity contribution is -0.156. The fourth-order valence-electron chi connectivity index (χ4n) is 3.00. The van der Waals surface area contributed by atoms with E-state index in [9.17, 15) is 14.4 Å². The van der Waals surface area contributed by atoms with Crippen molar-refractivity contribution in [2.45, 2.75) is 25.4 Å². The first kappa shape index (κ1) is 21.6. The molecular weight excluding hydrogens is 364 g/mol. The van der Waals surface area contributed by atoms with Gasteiger partial charge in [0.1, 0.15) is 5.84 Å². The molecule has 0 bridgehead atoms. The number of hydrogen-bond donors (Lipinski definition) is 1. The number of esters is 1. The average molecular weight is 392 g/mol. The lowest BCUT2D eigenvalue weighted by Crippen LogP contribution is -2.54. The molecule has 0 spiro atoms. The van der Waals surface area contributed by atoms with Crippen LogP contribution in [0, 0.1) is 0 Å². The molecule has 2 rings (SSSR count). The van der Waals surface area contributed by atoms with Gasteiger partial charge in [-0.25, -0.2) is 0 Å². The molecule has 9 nitrogen and oxygen atoms in total. The Balaban J connectivity index is 1.67. The molecule has 9 heteroatoms. The Morgan fingerprint density at radius 1 is 1.25 bits per heavy atom. The van der Waals surface area contributed by atoms with Crippen molar-refractivity contribution in [2.24, 2.45) is 10.7 Å². The average Bonchev–Trinajstić information content (AvgIpc) is 2.72. The number of methoxy groups -OCH3 is 1. The maximum atomic E-state index is 12.2. The highest BCUT2D eigenvalue weighted by molar-refractivity contribution is 6.35. The van der Waals surface area contributed by atoms with Gasteiger partial charge in [-0.15, -0.1) is 0 Å². The molecule has 0 aromatic carbocycles. The topological polar surface area (TPSA) is 115 Å². The second-order valence-corrected chi connectivity index (χ2v) is 6.54. The third-order valence-corrected chi connectivity index (χ3v) is 4.71. The molecule has 0 radical (unpaired) electrons. The standard InChI is InChI=1S/C19H28N4O5/c1-21-17(20)14-4-6-15(7-5-14)28-13-3-9-22-11-12-23(19(26)18(22)25)10-8-16(24)27-2/h4-6,15H,3,7-13H2,1-2H3,(H2,20,21). The van der Waals surface area contributed by atoms with Crippen LogP contribution >= 0.6 is 0 Å². The van der Waals surface area contributed by atoms with Crippen molar-refractivity contribution >= 4 is 23.6 Å². The van der Waals surface area contributed by atoms with Gasteiger partial charge in [0.25, 0.3) is 0 Å². The molecule has 28 heavy (non-hydrogen) atoms. The predicted molar refractivity (Wildman–Crippen MR) is 104 cm³/mol. The van der Waals surface area contributed by atoms with E-state index in [1.807, 2.05) is 18.2 Å². The fraction of sp³-hybridized carbons (Fsp3) is 0.579. The number of hydrogen-bond acceptors (Lipinski definition) is 6. The number of aliphatic imine (C=N–C) groups is 1. The van der Waals surface area contributed by atoms with Crippen LogP contribution in [0.1, 0.15) is 19.3 Å². The minimum absolute atomic E-state index is 0.0269. The lowest BCUT2D eigenvalue weighted by Gasteiger charge is -2.33. The van der Waals surface area contributed by atoms with Crippen molar-refractivity contribution in [3.8, 4) is 0 Å². The normalized spacial score (nSPS) is 20.4. The highest BCUT2D eigenvalue weighted by Gasteiger charge is 2.32. The second kappa shape index (κ2) is 10.6. The van der Waals surface area contributed by atoms with Gasteiger partial charge in [-0.05, 0) is 12.8 Å². The second-order valence-electron chi connectivity index (χ2n) is 6.54. The minimum Gasteiger partial charge on any atom is -0.469 e. The number of piperazine rings is 1. The maximum absolute atomic E-state index is 12.2. The van der Waals surface area contributed by atoms with Crippen molar-refractivity contribution in [3.05, 3.63) is 23.8 Å². The molecule has 0 saturated carbocycles. The Morgan fingerprint density at radius 2 is 1.93 bits per heavy atom. The van der Waals surface area contributed by atoms with Gasteiger partial charge in [0.05, 0.1) is 19.6 Å². The van der Waals surface area contributed by atoms with E-state index >= 15 is 0 Å². The third-order valence-electron chi connectivity index (χ3n) is 4.71. The van der Waals surface area contributed by atoms with E-state index in [1.165, 1.54) is 16.9 Å². The number of rotatable bonds is 9. The van der Waals surface area contributed by atoms with Crippen LogP contribution in [0.2, 0.25) is 0 Å². The Hall–Kier alpha value is -2.68. The highest BCUT2D eigenvalue weighted by Crippen LogP contribution is 2.14. The van der Waals surface area contributed by atoms with Crippen LogP contribution in [-0.2, 0) is 23.9 Å². The first-order chi connectivity index (χ1) is 13.5. The van der Waals surface area contributed by atoms with Gasteiger partial charge in [0, 0.05) is 45.4 Å². The first-order valence-electron chi connectivity index (χ1n) is 9.33. The van der Waals surface area contributed by atoms with Crippen LogP contribution in [0.5, 0.6) is 0 Å². The number of carbonyl (C=O) groups excluding carboxylic acids is 3. The summed E-state index contributed by atoms with van der Waals surface area (Å²) in [5, 5.41) is 0. The molecule has 2 aliphatic rings. The molecule has 154 valence electrons. The van der Waals surface area contributed by atoms with Gasteiger partial charge in [0.2, 0.25) is 0 Å². The van der Waals surface area contributed by atoms with Crippen LogP contribution in [0.4, 0.5) is 0 Å². The molecule has 0 aromatic rings. The Morgan fingerprint density at radius 3 is 2.50 bits per heavy atom. The summed E-state index contributed by atoms with van der Waals surface area (Å²) in [5.41, 5.74) is 6.67. The number of ether oxygens (including phenoxy) is 2. The molecule has 1 atom stereocenters. The van der Waals surface area contributed by atoms with Gasteiger partial charge < -0.3 is 25.0 Å². The minimum atomic E-state index is -0.570. The Bertz CT molecular complexity index is 686. The summed E-state index contributed by atoms with van der Waals surface area (Å²) >= 11 is 0. The van der Waals surface area contributed by atoms with E-state index in [2.05, 4.69) is 9.73 Å². The zero-order valence-electron chi connectivity index (χ0n) is 16.4. The summed E-state index contributed by atoms with van der Waals surface area (Å²) < 4.78 is 10.4. The van der Waals surface area contributed by atoms with E-state index in [-0.39, 0.29) is 19.1 Å².